The Bertz CT molecular complexity index is 797. The molecule has 1 saturated heterocycles. The van der Waals surface area contributed by atoms with E-state index in [-0.39, 0.29) is 0 Å². The highest BCUT2D eigenvalue weighted by Crippen LogP contribution is 2.52. The van der Waals surface area contributed by atoms with Crippen LogP contribution in [0.1, 0.15) is 38.6 Å². The van der Waals surface area contributed by atoms with E-state index in [0.717, 1.165) is 46.3 Å². The quantitative estimate of drug-likeness (QED) is 0.720. The Morgan fingerprint density at radius 2 is 1.93 bits per heavy atom. The molecule has 1 aliphatic heterocycles. The van der Waals surface area contributed by atoms with E-state index in [2.05, 4.69) is 51.8 Å². The van der Waals surface area contributed by atoms with Crippen molar-refractivity contribution < 1.29 is 0 Å². The maximum absolute atomic E-state index is 4.38. The highest BCUT2D eigenvalue weighted by molar-refractivity contribution is 7.98. The van der Waals surface area contributed by atoms with Gasteiger partial charge in [0.1, 0.15) is 0 Å². The average Bonchev–Trinajstić information content (AvgIpc) is 2.95. The van der Waals surface area contributed by atoms with Gasteiger partial charge in [-0.2, -0.15) is 15.3 Å². The second-order valence-corrected chi connectivity index (χ2v) is 10.6. The van der Waals surface area contributed by atoms with Crippen LogP contribution in [0.2, 0.25) is 0 Å². The molecule has 2 fully saturated rings. The van der Waals surface area contributed by atoms with Crippen molar-refractivity contribution in [3.8, 4) is 11.3 Å². The third kappa shape index (κ3) is 4.58. The van der Waals surface area contributed by atoms with E-state index in [9.17, 15) is 0 Å². The molecule has 2 atom stereocenters. The van der Waals surface area contributed by atoms with Crippen molar-refractivity contribution in [1.29, 1.82) is 0 Å². The van der Waals surface area contributed by atoms with Gasteiger partial charge in [-0.1, -0.05) is 32.7 Å². The van der Waals surface area contributed by atoms with E-state index in [1.54, 1.807) is 0 Å². The van der Waals surface area contributed by atoms with Crippen LogP contribution >= 0.6 is 11.9 Å². The molecule has 2 aromatic rings. The minimum Gasteiger partial charge on any atom is -0.303 e. The molecule has 2 unspecified atom stereocenters. The van der Waals surface area contributed by atoms with E-state index < -0.39 is 0 Å². The number of rotatable bonds is 7. The van der Waals surface area contributed by atoms with Crippen molar-refractivity contribution in [2.24, 2.45) is 24.3 Å². The largest absolute Gasteiger partial charge is 0.303 e. The van der Waals surface area contributed by atoms with Crippen molar-refractivity contribution in [2.45, 2.75) is 45.9 Å². The molecule has 152 valence electrons. The number of hydrogen-bond donors (Lipinski definition) is 1. The predicted octanol–water partition coefficient (Wildman–Crippen LogP) is 3.29. The zero-order valence-electron chi connectivity index (χ0n) is 17.6. The zero-order chi connectivity index (χ0) is 19.9. The maximum Gasteiger partial charge on any atom is 0.0964 e. The van der Waals surface area contributed by atoms with Gasteiger partial charge in [-0.3, -0.25) is 9.40 Å². The normalized spacial score (nSPS) is 24.5. The van der Waals surface area contributed by atoms with Crippen molar-refractivity contribution in [1.82, 2.24) is 29.6 Å². The Hall–Kier alpha value is -1.44. The molecule has 3 heterocycles. The number of nitrogens with one attached hydrogen (secondary N) is 1. The lowest BCUT2D eigenvalue weighted by atomic mass is 9.92. The summed E-state index contributed by atoms with van der Waals surface area (Å²) in [5.74, 6) is 1.75. The van der Waals surface area contributed by atoms with E-state index in [4.69, 9.17) is 0 Å². The van der Waals surface area contributed by atoms with Crippen LogP contribution in [0.25, 0.3) is 11.3 Å². The Morgan fingerprint density at radius 3 is 2.50 bits per heavy atom. The fourth-order valence-electron chi connectivity index (χ4n) is 4.07. The first-order chi connectivity index (χ1) is 13.3. The fourth-order valence-corrected chi connectivity index (χ4v) is 5.33. The molecule has 7 heteroatoms. The Labute approximate surface area is 172 Å². The van der Waals surface area contributed by atoms with E-state index >= 15 is 0 Å². The first kappa shape index (κ1) is 19.9. The van der Waals surface area contributed by atoms with E-state index in [0.29, 0.717) is 5.41 Å². The van der Waals surface area contributed by atoms with Gasteiger partial charge in [0.15, 0.2) is 0 Å². The predicted molar refractivity (Wildman–Crippen MR) is 115 cm³/mol. The summed E-state index contributed by atoms with van der Waals surface area (Å²) >= 11 is 1.90. The lowest BCUT2D eigenvalue weighted by molar-refractivity contribution is 0.248. The van der Waals surface area contributed by atoms with Crippen LogP contribution in [0.3, 0.4) is 0 Å². The van der Waals surface area contributed by atoms with Gasteiger partial charge >= 0.3 is 0 Å². The number of nitrogens with zero attached hydrogens (tertiary/aromatic N) is 5. The van der Waals surface area contributed by atoms with Crippen molar-refractivity contribution in [3.05, 3.63) is 29.7 Å². The van der Waals surface area contributed by atoms with Crippen molar-refractivity contribution in [3.63, 3.8) is 0 Å². The summed E-state index contributed by atoms with van der Waals surface area (Å²) in [6, 6.07) is 4.10. The molecule has 1 aliphatic carbocycles. The monoisotopic (exact) mass is 400 g/mol. The maximum atomic E-state index is 4.38. The summed E-state index contributed by atoms with van der Waals surface area (Å²) in [5.41, 5.74) is 4.33. The van der Waals surface area contributed by atoms with E-state index in [1.807, 2.05) is 42.9 Å². The van der Waals surface area contributed by atoms with Crippen LogP contribution < -0.4 is 4.72 Å². The average molecular weight is 401 g/mol. The molecule has 0 amide bonds. The van der Waals surface area contributed by atoms with Crippen LogP contribution in [0, 0.1) is 24.2 Å². The summed E-state index contributed by atoms with van der Waals surface area (Å²) < 4.78 is 5.33. The topological polar surface area (TPSA) is 58.9 Å². The minimum absolute atomic E-state index is 0.439. The third-order valence-corrected chi connectivity index (χ3v) is 7.13. The minimum atomic E-state index is 0.439. The van der Waals surface area contributed by atoms with E-state index in [1.165, 1.54) is 26.1 Å². The molecular formula is C21H32N6S. The summed E-state index contributed by atoms with van der Waals surface area (Å²) in [6.45, 7) is 13.6. The molecule has 0 spiro atoms. The highest BCUT2D eigenvalue weighted by Gasteiger charge is 2.55. The van der Waals surface area contributed by atoms with Crippen LogP contribution in [-0.2, 0) is 13.6 Å². The Balaban J connectivity index is 1.19. The standard InChI is InChI=1S/C21H32N6S/c1-14-16(11-26(5)25-14)19-7-6-15(23-24-19)10-22-28-20-17-12-27(13-18(17)20)9-8-21(2,3)4/h6-7,11,17-18,20,22H,8-10,12-13H2,1-5H3. The number of hydrogen-bond acceptors (Lipinski definition) is 6. The summed E-state index contributed by atoms with van der Waals surface area (Å²) in [5, 5.41) is 13.9. The lowest BCUT2D eigenvalue weighted by Gasteiger charge is -2.24. The molecule has 2 aromatic heterocycles. The van der Waals surface area contributed by atoms with Gasteiger partial charge < -0.3 is 4.90 Å². The highest BCUT2D eigenvalue weighted by atomic mass is 32.2. The molecule has 0 radical (unpaired) electrons. The number of piperidine rings is 1. The van der Waals surface area contributed by atoms with Gasteiger partial charge in [-0.05, 0) is 49.3 Å². The van der Waals surface area contributed by atoms with Crippen LogP contribution in [0.15, 0.2) is 18.3 Å². The fraction of sp³-hybridized carbons (Fsp3) is 0.667. The van der Waals surface area contributed by atoms with Crippen LogP contribution in [-0.4, -0.2) is 49.8 Å². The second kappa shape index (κ2) is 7.76. The molecule has 0 bridgehead atoms. The Morgan fingerprint density at radius 1 is 1.18 bits per heavy atom. The Kier molecular flexibility index (Phi) is 5.51. The van der Waals surface area contributed by atoms with Gasteiger partial charge in [0, 0.05) is 37.1 Å². The van der Waals surface area contributed by atoms with Gasteiger partial charge in [0.2, 0.25) is 0 Å². The molecule has 1 saturated carbocycles. The van der Waals surface area contributed by atoms with Crippen molar-refractivity contribution >= 4 is 11.9 Å². The van der Waals surface area contributed by atoms with Gasteiger partial charge in [0.05, 0.1) is 23.6 Å². The molecule has 28 heavy (non-hydrogen) atoms. The molecule has 6 nitrogen and oxygen atoms in total. The molecule has 1 N–H and O–H groups in total. The second-order valence-electron chi connectivity index (χ2n) is 9.51. The third-order valence-electron chi connectivity index (χ3n) is 5.85. The smallest absolute Gasteiger partial charge is 0.0964 e. The van der Waals surface area contributed by atoms with Crippen LogP contribution in [0.5, 0.6) is 0 Å². The number of aryl methyl sites for hydroxylation is 2. The van der Waals surface area contributed by atoms with Crippen LogP contribution in [0.4, 0.5) is 0 Å². The number of aromatic nitrogens is 4. The van der Waals surface area contributed by atoms with Gasteiger partial charge in [-0.25, -0.2) is 0 Å². The summed E-state index contributed by atoms with van der Waals surface area (Å²) in [6.07, 6.45) is 3.28. The summed E-state index contributed by atoms with van der Waals surface area (Å²) in [7, 11) is 1.93. The molecule has 0 aromatic carbocycles. The van der Waals surface area contributed by atoms with Gasteiger partial charge in [0.25, 0.3) is 0 Å². The molecule has 2 aliphatic rings. The SMILES string of the molecule is Cc1nn(C)cc1-c1ccc(CNSC2C3CN(CCC(C)(C)C)CC32)nn1. The van der Waals surface area contributed by atoms with Crippen molar-refractivity contribution in [2.75, 3.05) is 19.6 Å². The molecule has 4 rings (SSSR count). The lowest BCUT2D eigenvalue weighted by Crippen LogP contribution is -2.29. The first-order valence-electron chi connectivity index (χ1n) is 10.2. The van der Waals surface area contributed by atoms with Gasteiger partial charge in [-0.15, -0.1) is 0 Å². The first-order valence-corrected chi connectivity index (χ1v) is 11.1. The molecular weight excluding hydrogens is 368 g/mol. The zero-order valence-corrected chi connectivity index (χ0v) is 18.5. The number of likely N-dealkylation sites (tertiary alicyclic amines) is 1. The number of fused-ring (bicyclic) bond motifs is 1. The summed E-state index contributed by atoms with van der Waals surface area (Å²) in [4.78, 5) is 2.66.